The zero-order valence-electron chi connectivity index (χ0n) is 21.4. The van der Waals surface area contributed by atoms with E-state index in [0.29, 0.717) is 26.2 Å². The minimum atomic E-state index is -3.71. The number of thioether (sulfide) groups is 1. The Hall–Kier alpha value is -1.44. The van der Waals surface area contributed by atoms with Crippen LogP contribution in [0, 0.1) is 11.8 Å². The number of carbonyl (C=O) groups excluding carboxylic acids is 1. The van der Waals surface area contributed by atoms with Crippen molar-refractivity contribution in [3.8, 4) is 0 Å². The SMILES string of the molecule is CSc1nc2ccc(S(=O)(=O)N(CC[C@H](C)NC(=O)O[C@H]3CO[C@@]4(C)OCC[C@@H]34)CC(C)C)cc2s1. The fourth-order valence-electron chi connectivity index (χ4n) is 4.69. The number of rotatable bonds is 10. The number of nitrogens with one attached hydrogen (secondary N) is 1. The third kappa shape index (κ3) is 5.99. The summed E-state index contributed by atoms with van der Waals surface area (Å²) in [5.41, 5.74) is 0.798. The van der Waals surface area contributed by atoms with E-state index in [1.807, 2.05) is 34.0 Å². The molecule has 36 heavy (non-hydrogen) atoms. The lowest BCUT2D eigenvalue weighted by Gasteiger charge is -2.26. The summed E-state index contributed by atoms with van der Waals surface area (Å²) in [6.45, 7) is 9.27. The highest BCUT2D eigenvalue weighted by Gasteiger charge is 2.52. The maximum atomic E-state index is 13.6. The Morgan fingerprint density at radius 3 is 2.86 bits per heavy atom. The summed E-state index contributed by atoms with van der Waals surface area (Å²) < 4.78 is 47.4. The summed E-state index contributed by atoms with van der Waals surface area (Å²) in [4.78, 5) is 17.3. The van der Waals surface area contributed by atoms with Gasteiger partial charge in [0.05, 0.1) is 34.2 Å². The highest BCUT2D eigenvalue weighted by Crippen LogP contribution is 2.42. The van der Waals surface area contributed by atoms with Crippen molar-refractivity contribution in [3.05, 3.63) is 18.2 Å². The molecule has 0 unspecified atom stereocenters. The quantitative estimate of drug-likeness (QED) is 0.431. The van der Waals surface area contributed by atoms with Crippen molar-refractivity contribution in [1.82, 2.24) is 14.6 Å². The summed E-state index contributed by atoms with van der Waals surface area (Å²) in [6, 6.07) is 4.82. The Labute approximate surface area is 221 Å². The molecule has 0 radical (unpaired) electrons. The minimum absolute atomic E-state index is 0.0214. The van der Waals surface area contributed by atoms with Crippen LogP contribution >= 0.6 is 23.1 Å². The molecule has 2 aliphatic heterocycles. The monoisotopic (exact) mass is 557 g/mol. The number of sulfonamides is 1. The Morgan fingerprint density at radius 1 is 1.36 bits per heavy atom. The number of hydrogen-bond donors (Lipinski definition) is 1. The van der Waals surface area contributed by atoms with Crippen molar-refractivity contribution in [2.75, 3.05) is 32.6 Å². The molecule has 4 atom stereocenters. The number of fused-ring (bicyclic) bond motifs is 2. The van der Waals surface area contributed by atoms with E-state index >= 15 is 0 Å². The van der Waals surface area contributed by atoms with Gasteiger partial charge in [0, 0.05) is 19.1 Å². The van der Waals surface area contributed by atoms with Gasteiger partial charge in [0.25, 0.3) is 0 Å². The van der Waals surface area contributed by atoms with Gasteiger partial charge in [-0.15, -0.1) is 11.3 Å². The van der Waals surface area contributed by atoms with E-state index in [1.54, 1.807) is 30.0 Å². The van der Waals surface area contributed by atoms with E-state index in [-0.39, 0.29) is 35.4 Å². The van der Waals surface area contributed by atoms with Crippen molar-refractivity contribution < 1.29 is 27.4 Å². The number of alkyl carbamates (subject to hydrolysis) is 1. The Kier molecular flexibility index (Phi) is 8.52. The largest absolute Gasteiger partial charge is 0.443 e. The molecular weight excluding hydrogens is 522 g/mol. The van der Waals surface area contributed by atoms with Gasteiger partial charge in [-0.3, -0.25) is 0 Å². The molecule has 4 rings (SSSR count). The normalized spacial score (nSPS) is 25.0. The molecule has 0 saturated carbocycles. The molecule has 2 aromatic rings. The van der Waals surface area contributed by atoms with E-state index in [2.05, 4.69) is 10.3 Å². The van der Waals surface area contributed by atoms with Crippen LogP contribution < -0.4 is 5.32 Å². The average Bonchev–Trinajstić information content (AvgIpc) is 3.49. The van der Waals surface area contributed by atoms with E-state index in [4.69, 9.17) is 14.2 Å². The van der Waals surface area contributed by atoms with Gasteiger partial charge < -0.3 is 19.5 Å². The van der Waals surface area contributed by atoms with Crippen molar-refractivity contribution in [3.63, 3.8) is 0 Å². The molecule has 1 N–H and O–H groups in total. The number of thiazole rings is 1. The van der Waals surface area contributed by atoms with E-state index < -0.39 is 21.9 Å². The van der Waals surface area contributed by atoms with Crippen LogP contribution in [0.5, 0.6) is 0 Å². The smallest absolute Gasteiger partial charge is 0.407 e. The lowest BCUT2D eigenvalue weighted by Crippen LogP contribution is -2.41. The fraction of sp³-hybridized carbons (Fsp3) is 0.667. The van der Waals surface area contributed by atoms with Gasteiger partial charge in [-0.2, -0.15) is 4.31 Å². The molecule has 1 amide bonds. The summed E-state index contributed by atoms with van der Waals surface area (Å²) in [5, 5.41) is 2.84. The Morgan fingerprint density at radius 2 is 2.14 bits per heavy atom. The summed E-state index contributed by atoms with van der Waals surface area (Å²) in [5.74, 6) is -0.511. The molecule has 200 valence electrons. The van der Waals surface area contributed by atoms with Crippen LogP contribution in [0.3, 0.4) is 0 Å². The summed E-state index contributed by atoms with van der Waals surface area (Å²) in [7, 11) is -3.71. The molecule has 0 spiro atoms. The van der Waals surface area contributed by atoms with Crippen LogP contribution in [-0.2, 0) is 24.2 Å². The predicted octanol–water partition coefficient (Wildman–Crippen LogP) is 4.32. The first-order valence-corrected chi connectivity index (χ1v) is 15.7. The molecule has 0 bridgehead atoms. The molecule has 0 aliphatic carbocycles. The molecular formula is C24H35N3O6S3. The van der Waals surface area contributed by atoms with Crippen LogP contribution in [0.1, 0.15) is 40.5 Å². The predicted molar refractivity (Wildman–Crippen MR) is 141 cm³/mol. The van der Waals surface area contributed by atoms with Gasteiger partial charge in [0.2, 0.25) is 10.0 Å². The van der Waals surface area contributed by atoms with E-state index in [1.165, 1.54) is 15.6 Å². The summed E-state index contributed by atoms with van der Waals surface area (Å²) in [6.07, 6.45) is 2.32. The summed E-state index contributed by atoms with van der Waals surface area (Å²) >= 11 is 3.03. The minimum Gasteiger partial charge on any atom is -0.443 e. The lowest BCUT2D eigenvalue weighted by atomic mass is 9.96. The molecule has 9 nitrogen and oxygen atoms in total. The molecule has 12 heteroatoms. The molecule has 2 aliphatic rings. The van der Waals surface area contributed by atoms with E-state index in [0.717, 1.165) is 21.0 Å². The fourth-order valence-corrected chi connectivity index (χ4v) is 7.94. The second kappa shape index (κ2) is 11.1. The lowest BCUT2D eigenvalue weighted by molar-refractivity contribution is -0.181. The average molecular weight is 558 g/mol. The van der Waals surface area contributed by atoms with Crippen LogP contribution in [0.4, 0.5) is 4.79 Å². The number of nitrogens with zero attached hydrogens (tertiary/aromatic N) is 2. The molecule has 1 aromatic heterocycles. The van der Waals surface area contributed by atoms with Gasteiger partial charge in [-0.05, 0) is 57.1 Å². The number of aromatic nitrogens is 1. The van der Waals surface area contributed by atoms with Crippen molar-refractivity contribution >= 4 is 49.4 Å². The Balaban J connectivity index is 1.37. The van der Waals surface area contributed by atoms with Crippen LogP contribution in [-0.4, -0.2) is 74.3 Å². The molecule has 1 aromatic carbocycles. The second-order valence-corrected chi connectivity index (χ2v) is 13.9. The van der Waals surface area contributed by atoms with Gasteiger partial charge in [-0.1, -0.05) is 25.6 Å². The number of carbonyl (C=O) groups is 1. The number of hydrogen-bond acceptors (Lipinski definition) is 9. The van der Waals surface area contributed by atoms with Gasteiger partial charge in [0.1, 0.15) is 6.10 Å². The van der Waals surface area contributed by atoms with Crippen LogP contribution in [0.25, 0.3) is 10.2 Å². The number of amides is 1. The number of ether oxygens (including phenoxy) is 3. The third-order valence-corrected chi connectivity index (χ3v) is 10.5. The van der Waals surface area contributed by atoms with Gasteiger partial charge in [0.15, 0.2) is 10.1 Å². The Bertz CT molecular complexity index is 1190. The first kappa shape index (κ1) is 27.6. The van der Waals surface area contributed by atoms with Crippen molar-refractivity contribution in [1.29, 1.82) is 0 Å². The topological polar surface area (TPSA) is 107 Å². The van der Waals surface area contributed by atoms with Gasteiger partial charge >= 0.3 is 6.09 Å². The first-order valence-electron chi connectivity index (χ1n) is 12.2. The zero-order valence-corrected chi connectivity index (χ0v) is 23.8. The molecule has 2 fully saturated rings. The maximum absolute atomic E-state index is 13.6. The highest BCUT2D eigenvalue weighted by molar-refractivity contribution is 8.00. The van der Waals surface area contributed by atoms with E-state index in [9.17, 15) is 13.2 Å². The molecule has 3 heterocycles. The van der Waals surface area contributed by atoms with Crippen LogP contribution in [0.15, 0.2) is 27.4 Å². The standard InChI is InChI=1S/C24H35N3O6S3/c1-15(2)13-27(36(29,30)17-6-7-19-21(12-17)35-23(26-19)34-5)10-8-16(3)25-22(28)33-20-14-32-24(4)18(20)9-11-31-24/h6-7,12,15-16,18,20H,8-11,13-14H2,1-5H3,(H,25,28)/t16-,18-,20-,24+/m0/s1. The maximum Gasteiger partial charge on any atom is 0.407 e. The van der Waals surface area contributed by atoms with Crippen molar-refractivity contribution in [2.45, 2.75) is 67.7 Å². The molecule has 2 saturated heterocycles. The van der Waals surface area contributed by atoms with Crippen molar-refractivity contribution in [2.24, 2.45) is 11.8 Å². The van der Waals surface area contributed by atoms with Gasteiger partial charge in [-0.25, -0.2) is 18.2 Å². The highest BCUT2D eigenvalue weighted by atomic mass is 32.2. The first-order chi connectivity index (χ1) is 17.0. The second-order valence-electron chi connectivity index (χ2n) is 9.92. The van der Waals surface area contributed by atoms with Crippen LogP contribution in [0.2, 0.25) is 0 Å². The number of benzene rings is 1. The third-order valence-electron chi connectivity index (χ3n) is 6.63. The zero-order chi connectivity index (χ0) is 26.1.